The van der Waals surface area contributed by atoms with E-state index in [0.717, 1.165) is 67.5 Å². The first-order valence-corrected chi connectivity index (χ1v) is 11.7. The van der Waals surface area contributed by atoms with Crippen LogP contribution in [0.5, 0.6) is 0 Å². The van der Waals surface area contributed by atoms with Crippen LogP contribution in [-0.4, -0.2) is 47.9 Å². The van der Waals surface area contributed by atoms with Gasteiger partial charge in [0.15, 0.2) is 5.13 Å². The summed E-state index contributed by atoms with van der Waals surface area (Å²) in [6.07, 6.45) is 2.94. The number of carbonyl (C=O) groups is 2. The first-order valence-electron chi connectivity index (χ1n) is 10.5. The molecule has 1 aliphatic heterocycles. The van der Waals surface area contributed by atoms with Gasteiger partial charge in [0, 0.05) is 54.1 Å². The zero-order chi connectivity index (χ0) is 21.3. The predicted octanol–water partition coefficient (Wildman–Crippen LogP) is 3.91. The highest BCUT2D eigenvalue weighted by Gasteiger charge is 2.29. The molecule has 1 atom stereocenters. The van der Waals surface area contributed by atoms with Crippen molar-refractivity contribution in [2.75, 3.05) is 36.4 Å². The van der Waals surface area contributed by atoms with Crippen LogP contribution in [0.2, 0.25) is 5.02 Å². The van der Waals surface area contributed by atoms with E-state index < -0.39 is 0 Å². The molecule has 8 heteroatoms. The number of carbonyl (C=O) groups excluding carboxylic acids is 2. The molecule has 0 saturated carbocycles. The maximum absolute atomic E-state index is 12.8. The zero-order valence-corrected chi connectivity index (χ0v) is 19.0. The molecular weight excluding hydrogens is 420 g/mol. The number of piperazine rings is 1. The Morgan fingerprint density at radius 1 is 1.27 bits per heavy atom. The van der Waals surface area contributed by atoms with Crippen LogP contribution in [0.1, 0.15) is 35.9 Å². The standard InChI is InChI=1S/C22H27ClN4O2S/c1-3-20(28)26-8-10-27(11-9-26)22-25-18-7-4-15(13-19(18)30-22)21(29)24-16-5-6-17(23)14(2)12-16/h5-6,12,15H,3-4,7-11,13H2,1-2H3,(H,24,29)/t15-/m1/s1. The van der Waals surface area contributed by atoms with Crippen LogP contribution in [-0.2, 0) is 22.4 Å². The molecular formula is C22H27ClN4O2S. The predicted molar refractivity (Wildman–Crippen MR) is 122 cm³/mol. The minimum Gasteiger partial charge on any atom is -0.345 e. The van der Waals surface area contributed by atoms with Crippen molar-refractivity contribution < 1.29 is 9.59 Å². The smallest absolute Gasteiger partial charge is 0.227 e. The van der Waals surface area contributed by atoms with Crippen molar-refractivity contribution in [3.8, 4) is 0 Å². The van der Waals surface area contributed by atoms with E-state index in [0.29, 0.717) is 11.4 Å². The van der Waals surface area contributed by atoms with Crippen LogP contribution in [0.25, 0.3) is 0 Å². The number of halogens is 1. The van der Waals surface area contributed by atoms with Crippen LogP contribution in [0, 0.1) is 12.8 Å². The topological polar surface area (TPSA) is 65.5 Å². The van der Waals surface area contributed by atoms with Crippen LogP contribution in [0.15, 0.2) is 18.2 Å². The first-order chi connectivity index (χ1) is 14.4. The maximum atomic E-state index is 12.8. The number of benzene rings is 1. The number of thiazole rings is 1. The number of aryl methyl sites for hydroxylation is 2. The van der Waals surface area contributed by atoms with Gasteiger partial charge in [-0.25, -0.2) is 4.98 Å². The molecule has 4 rings (SSSR count). The second-order valence-corrected chi connectivity index (χ2v) is 9.45. The lowest BCUT2D eigenvalue weighted by molar-refractivity contribution is -0.131. The van der Waals surface area contributed by atoms with E-state index in [9.17, 15) is 9.59 Å². The molecule has 1 aromatic carbocycles. The van der Waals surface area contributed by atoms with Crippen molar-refractivity contribution in [2.24, 2.45) is 5.92 Å². The van der Waals surface area contributed by atoms with Crippen molar-refractivity contribution in [1.29, 1.82) is 0 Å². The largest absolute Gasteiger partial charge is 0.345 e. The summed E-state index contributed by atoms with van der Waals surface area (Å²) in [5, 5.41) is 4.77. The molecule has 1 fully saturated rings. The Morgan fingerprint density at radius 2 is 2.03 bits per heavy atom. The lowest BCUT2D eigenvalue weighted by atomic mass is 9.90. The Labute approximate surface area is 186 Å². The van der Waals surface area contributed by atoms with E-state index in [1.54, 1.807) is 11.3 Å². The van der Waals surface area contributed by atoms with Crippen molar-refractivity contribution >= 4 is 45.6 Å². The quantitative estimate of drug-likeness (QED) is 0.773. The van der Waals surface area contributed by atoms with Gasteiger partial charge in [0.2, 0.25) is 11.8 Å². The molecule has 2 amide bonds. The molecule has 30 heavy (non-hydrogen) atoms. The fourth-order valence-electron chi connectivity index (χ4n) is 4.06. The van der Waals surface area contributed by atoms with Gasteiger partial charge in [-0.05, 0) is 49.9 Å². The van der Waals surface area contributed by atoms with Gasteiger partial charge in [-0.1, -0.05) is 18.5 Å². The average molecular weight is 447 g/mol. The molecule has 6 nitrogen and oxygen atoms in total. The molecule has 2 aliphatic rings. The first kappa shape index (κ1) is 21.1. The zero-order valence-electron chi connectivity index (χ0n) is 17.4. The summed E-state index contributed by atoms with van der Waals surface area (Å²) in [7, 11) is 0. The Balaban J connectivity index is 1.37. The maximum Gasteiger partial charge on any atom is 0.227 e. The molecule has 0 bridgehead atoms. The summed E-state index contributed by atoms with van der Waals surface area (Å²) < 4.78 is 0. The van der Waals surface area contributed by atoms with Gasteiger partial charge in [0.1, 0.15) is 0 Å². The normalized spacial score (nSPS) is 18.8. The van der Waals surface area contributed by atoms with Crippen LogP contribution in [0.4, 0.5) is 10.8 Å². The van der Waals surface area contributed by atoms with E-state index in [2.05, 4.69) is 10.2 Å². The molecule has 1 N–H and O–H groups in total. The summed E-state index contributed by atoms with van der Waals surface area (Å²) >= 11 is 7.78. The SMILES string of the molecule is CCC(=O)N1CCN(c2nc3c(s2)C[C@H](C(=O)Nc2ccc(Cl)c(C)c2)CC3)CC1. The fourth-order valence-corrected chi connectivity index (χ4v) is 5.41. The van der Waals surface area contributed by atoms with E-state index in [4.69, 9.17) is 16.6 Å². The van der Waals surface area contributed by atoms with Gasteiger partial charge in [-0.15, -0.1) is 11.3 Å². The Kier molecular flexibility index (Phi) is 6.29. The molecule has 0 radical (unpaired) electrons. The Bertz CT molecular complexity index is 953. The van der Waals surface area contributed by atoms with Gasteiger partial charge < -0.3 is 15.1 Å². The van der Waals surface area contributed by atoms with Crippen molar-refractivity contribution in [3.63, 3.8) is 0 Å². The third kappa shape index (κ3) is 4.47. The van der Waals surface area contributed by atoms with E-state index in [1.165, 1.54) is 4.88 Å². The third-order valence-electron chi connectivity index (χ3n) is 5.93. The van der Waals surface area contributed by atoms with Crippen molar-refractivity contribution in [1.82, 2.24) is 9.88 Å². The number of hydrogen-bond donors (Lipinski definition) is 1. The van der Waals surface area contributed by atoms with E-state index in [1.807, 2.05) is 36.9 Å². The third-order valence-corrected chi connectivity index (χ3v) is 7.53. The number of fused-ring (bicyclic) bond motifs is 1. The number of amides is 2. The minimum absolute atomic E-state index is 0.0409. The summed E-state index contributed by atoms with van der Waals surface area (Å²) in [5.74, 6) is 0.239. The molecule has 1 aliphatic carbocycles. The minimum atomic E-state index is -0.0409. The highest BCUT2D eigenvalue weighted by molar-refractivity contribution is 7.15. The summed E-state index contributed by atoms with van der Waals surface area (Å²) in [6.45, 7) is 6.98. The highest BCUT2D eigenvalue weighted by atomic mass is 35.5. The number of nitrogens with one attached hydrogen (secondary N) is 1. The average Bonchev–Trinajstić information content (AvgIpc) is 3.19. The molecule has 1 saturated heterocycles. The molecule has 2 aromatic rings. The van der Waals surface area contributed by atoms with Gasteiger partial charge in [0.05, 0.1) is 5.69 Å². The molecule has 0 unspecified atom stereocenters. The monoisotopic (exact) mass is 446 g/mol. The number of nitrogens with zero attached hydrogens (tertiary/aromatic N) is 3. The van der Waals surface area contributed by atoms with Crippen molar-refractivity contribution in [3.05, 3.63) is 39.4 Å². The summed E-state index contributed by atoms with van der Waals surface area (Å²) in [4.78, 5) is 35.0. The number of rotatable bonds is 4. The van der Waals surface area contributed by atoms with Gasteiger partial charge in [-0.3, -0.25) is 9.59 Å². The number of anilines is 2. The summed E-state index contributed by atoms with van der Waals surface area (Å²) in [6, 6.07) is 5.56. The second kappa shape index (κ2) is 8.94. The van der Waals surface area contributed by atoms with Crippen LogP contribution in [0.3, 0.4) is 0 Å². The second-order valence-electron chi connectivity index (χ2n) is 7.98. The lowest BCUT2D eigenvalue weighted by Crippen LogP contribution is -2.48. The van der Waals surface area contributed by atoms with Crippen molar-refractivity contribution in [2.45, 2.75) is 39.5 Å². The number of hydrogen-bond acceptors (Lipinski definition) is 5. The van der Waals surface area contributed by atoms with Gasteiger partial charge in [0.25, 0.3) is 0 Å². The number of aromatic nitrogens is 1. The van der Waals surface area contributed by atoms with Gasteiger partial charge in [-0.2, -0.15) is 0 Å². The molecule has 0 spiro atoms. The van der Waals surface area contributed by atoms with E-state index in [-0.39, 0.29) is 17.7 Å². The molecule has 1 aromatic heterocycles. The van der Waals surface area contributed by atoms with Gasteiger partial charge >= 0.3 is 0 Å². The fraction of sp³-hybridized carbons (Fsp3) is 0.500. The Morgan fingerprint density at radius 3 is 2.73 bits per heavy atom. The molecule has 160 valence electrons. The van der Waals surface area contributed by atoms with E-state index >= 15 is 0 Å². The summed E-state index contributed by atoms with van der Waals surface area (Å²) in [5.41, 5.74) is 2.87. The van der Waals surface area contributed by atoms with Crippen LogP contribution < -0.4 is 10.2 Å². The lowest BCUT2D eigenvalue weighted by Gasteiger charge is -2.34. The highest BCUT2D eigenvalue weighted by Crippen LogP contribution is 2.35. The van der Waals surface area contributed by atoms with Crippen LogP contribution >= 0.6 is 22.9 Å². The Hall–Kier alpha value is -2.12. The molecule has 2 heterocycles.